The van der Waals surface area contributed by atoms with Crippen molar-refractivity contribution in [3.05, 3.63) is 65.2 Å². The van der Waals surface area contributed by atoms with Crippen molar-refractivity contribution in [1.29, 1.82) is 0 Å². The molecule has 2 aromatic rings. The largest absolute Gasteiger partial charge is 0.497 e. The molecular weight excluding hydrogens is 400 g/mol. The van der Waals surface area contributed by atoms with Crippen LogP contribution in [0.5, 0.6) is 5.75 Å². The van der Waals surface area contributed by atoms with Crippen LogP contribution < -0.4 is 10.1 Å². The Bertz CT molecular complexity index is 859. The van der Waals surface area contributed by atoms with Gasteiger partial charge < -0.3 is 15.0 Å². The first-order valence-electron chi connectivity index (χ1n) is 11.6. The van der Waals surface area contributed by atoms with Crippen LogP contribution in [-0.4, -0.2) is 35.9 Å². The zero-order chi connectivity index (χ0) is 23.7. The SMILES string of the molecule is CC[C@@H](C)NC(=O)[C@H](C)N(Cc1ccc(OC)cc1)C(=O)CCc1ccc(C(C)C)cc1. The van der Waals surface area contributed by atoms with Crippen molar-refractivity contribution in [1.82, 2.24) is 10.2 Å². The summed E-state index contributed by atoms with van der Waals surface area (Å²) in [6, 6.07) is 15.6. The number of hydrogen-bond donors (Lipinski definition) is 1. The van der Waals surface area contributed by atoms with Gasteiger partial charge in [-0.15, -0.1) is 0 Å². The Balaban J connectivity index is 2.13. The summed E-state index contributed by atoms with van der Waals surface area (Å²) in [6.07, 6.45) is 1.85. The molecule has 0 aliphatic heterocycles. The predicted molar refractivity (Wildman–Crippen MR) is 130 cm³/mol. The molecule has 0 heterocycles. The fourth-order valence-electron chi connectivity index (χ4n) is 3.44. The molecule has 5 nitrogen and oxygen atoms in total. The average Bonchev–Trinajstić information content (AvgIpc) is 2.80. The Morgan fingerprint density at radius 1 is 0.938 bits per heavy atom. The first-order chi connectivity index (χ1) is 15.2. The second-order valence-electron chi connectivity index (χ2n) is 8.76. The minimum absolute atomic E-state index is 0.0273. The zero-order valence-electron chi connectivity index (χ0n) is 20.4. The number of carbonyl (C=O) groups is 2. The molecule has 5 heteroatoms. The lowest BCUT2D eigenvalue weighted by Gasteiger charge is -2.30. The molecule has 0 aliphatic rings. The second-order valence-corrected chi connectivity index (χ2v) is 8.76. The maximum atomic E-state index is 13.2. The van der Waals surface area contributed by atoms with E-state index in [9.17, 15) is 9.59 Å². The van der Waals surface area contributed by atoms with Gasteiger partial charge in [-0.25, -0.2) is 0 Å². The summed E-state index contributed by atoms with van der Waals surface area (Å²) in [7, 11) is 1.62. The first kappa shape index (κ1) is 25.4. The molecule has 0 spiro atoms. The van der Waals surface area contributed by atoms with E-state index in [0.29, 0.717) is 25.3 Å². The van der Waals surface area contributed by atoms with Gasteiger partial charge in [0.05, 0.1) is 7.11 Å². The van der Waals surface area contributed by atoms with Gasteiger partial charge in [0.2, 0.25) is 11.8 Å². The van der Waals surface area contributed by atoms with Gasteiger partial charge in [0.1, 0.15) is 11.8 Å². The van der Waals surface area contributed by atoms with Gasteiger partial charge in [-0.2, -0.15) is 0 Å². The van der Waals surface area contributed by atoms with Crippen molar-refractivity contribution < 1.29 is 14.3 Å². The number of rotatable bonds is 11. The molecule has 0 bridgehead atoms. The average molecular weight is 439 g/mol. The van der Waals surface area contributed by atoms with E-state index in [0.717, 1.165) is 23.3 Å². The van der Waals surface area contributed by atoms with Gasteiger partial charge >= 0.3 is 0 Å². The van der Waals surface area contributed by atoms with Crippen molar-refractivity contribution >= 4 is 11.8 Å². The molecule has 0 fully saturated rings. The Kier molecular flexibility index (Phi) is 9.76. The molecule has 0 saturated carbocycles. The van der Waals surface area contributed by atoms with E-state index in [1.807, 2.05) is 38.1 Å². The van der Waals surface area contributed by atoms with Crippen LogP contribution in [0.4, 0.5) is 0 Å². The van der Waals surface area contributed by atoms with Crippen LogP contribution in [0.25, 0.3) is 0 Å². The quantitative estimate of drug-likeness (QED) is 0.532. The van der Waals surface area contributed by atoms with E-state index in [2.05, 4.69) is 43.4 Å². The molecule has 32 heavy (non-hydrogen) atoms. The molecular formula is C27H38N2O3. The molecule has 2 rings (SSSR count). The molecule has 0 saturated heterocycles. The van der Waals surface area contributed by atoms with Crippen LogP contribution in [-0.2, 0) is 22.6 Å². The summed E-state index contributed by atoms with van der Waals surface area (Å²) in [4.78, 5) is 27.7. The molecule has 2 atom stereocenters. The van der Waals surface area contributed by atoms with Crippen molar-refractivity contribution in [2.75, 3.05) is 7.11 Å². The summed E-state index contributed by atoms with van der Waals surface area (Å²) in [5, 5.41) is 3.01. The van der Waals surface area contributed by atoms with Gasteiger partial charge in [-0.05, 0) is 61.4 Å². The van der Waals surface area contributed by atoms with Gasteiger partial charge in [0.15, 0.2) is 0 Å². The van der Waals surface area contributed by atoms with E-state index < -0.39 is 6.04 Å². The third-order valence-electron chi connectivity index (χ3n) is 5.95. The van der Waals surface area contributed by atoms with Crippen LogP contribution in [0.3, 0.4) is 0 Å². The Morgan fingerprint density at radius 2 is 1.53 bits per heavy atom. The Labute approximate surface area is 193 Å². The Morgan fingerprint density at radius 3 is 2.06 bits per heavy atom. The number of nitrogens with one attached hydrogen (secondary N) is 1. The lowest BCUT2D eigenvalue weighted by atomic mass is 10.00. The molecule has 1 N–H and O–H groups in total. The monoisotopic (exact) mass is 438 g/mol. The summed E-state index contributed by atoms with van der Waals surface area (Å²) in [5.74, 6) is 1.10. The third-order valence-corrected chi connectivity index (χ3v) is 5.95. The van der Waals surface area contributed by atoms with Crippen LogP contribution >= 0.6 is 0 Å². The fraction of sp³-hybridized carbons (Fsp3) is 0.481. The maximum Gasteiger partial charge on any atom is 0.242 e. The lowest BCUT2D eigenvalue weighted by Crippen LogP contribution is -2.49. The highest BCUT2D eigenvalue weighted by molar-refractivity contribution is 5.87. The number of ether oxygens (including phenoxy) is 1. The highest BCUT2D eigenvalue weighted by Crippen LogP contribution is 2.18. The second kappa shape index (κ2) is 12.3. The normalized spacial score (nSPS) is 12.8. The number of carbonyl (C=O) groups excluding carboxylic acids is 2. The number of aryl methyl sites for hydroxylation is 1. The van der Waals surface area contributed by atoms with Crippen LogP contribution in [0.1, 0.15) is 70.1 Å². The fourth-order valence-corrected chi connectivity index (χ4v) is 3.44. The van der Waals surface area contributed by atoms with Crippen molar-refractivity contribution in [3.8, 4) is 5.75 Å². The van der Waals surface area contributed by atoms with Crippen LogP contribution in [0.2, 0.25) is 0 Å². The summed E-state index contributed by atoms with van der Waals surface area (Å²) in [5.41, 5.74) is 3.38. The van der Waals surface area contributed by atoms with Crippen LogP contribution in [0, 0.1) is 0 Å². The maximum absolute atomic E-state index is 13.2. The van der Waals surface area contributed by atoms with Gasteiger partial charge in [0, 0.05) is 19.0 Å². The number of methoxy groups -OCH3 is 1. The number of benzene rings is 2. The molecule has 0 aliphatic carbocycles. The molecule has 0 radical (unpaired) electrons. The Hall–Kier alpha value is -2.82. The van der Waals surface area contributed by atoms with E-state index in [1.165, 1.54) is 5.56 Å². The molecule has 2 amide bonds. The van der Waals surface area contributed by atoms with Crippen LogP contribution in [0.15, 0.2) is 48.5 Å². The smallest absolute Gasteiger partial charge is 0.242 e. The highest BCUT2D eigenvalue weighted by Gasteiger charge is 2.26. The number of amides is 2. The van der Waals surface area contributed by atoms with Gasteiger partial charge in [0.25, 0.3) is 0 Å². The van der Waals surface area contributed by atoms with E-state index in [1.54, 1.807) is 18.9 Å². The third kappa shape index (κ3) is 7.40. The molecule has 0 unspecified atom stereocenters. The van der Waals surface area contributed by atoms with Gasteiger partial charge in [-0.1, -0.05) is 57.2 Å². The first-order valence-corrected chi connectivity index (χ1v) is 11.6. The minimum Gasteiger partial charge on any atom is -0.497 e. The van der Waals surface area contributed by atoms with E-state index in [4.69, 9.17) is 4.74 Å². The van der Waals surface area contributed by atoms with E-state index >= 15 is 0 Å². The topological polar surface area (TPSA) is 58.6 Å². The van der Waals surface area contributed by atoms with E-state index in [-0.39, 0.29) is 17.9 Å². The number of nitrogens with zero attached hydrogens (tertiary/aromatic N) is 1. The number of hydrogen-bond acceptors (Lipinski definition) is 3. The predicted octanol–water partition coefficient (Wildman–Crippen LogP) is 5.08. The molecule has 174 valence electrons. The summed E-state index contributed by atoms with van der Waals surface area (Å²) in [6.45, 7) is 10.5. The van der Waals surface area contributed by atoms with Crippen molar-refractivity contribution in [2.45, 2.75) is 78.4 Å². The molecule has 0 aromatic heterocycles. The van der Waals surface area contributed by atoms with Crippen molar-refractivity contribution in [3.63, 3.8) is 0 Å². The lowest BCUT2D eigenvalue weighted by molar-refractivity contribution is -0.140. The summed E-state index contributed by atoms with van der Waals surface area (Å²) >= 11 is 0. The molecule has 2 aromatic carbocycles. The highest BCUT2D eigenvalue weighted by atomic mass is 16.5. The standard InChI is InChI=1S/C27H38N2O3/c1-7-20(4)28-27(31)21(5)29(18-23-10-15-25(32-6)16-11-23)26(30)17-12-22-8-13-24(14-9-22)19(2)3/h8-11,13-16,19-21H,7,12,17-18H2,1-6H3,(H,28,31)/t20-,21+/m1/s1. The minimum atomic E-state index is -0.554. The zero-order valence-corrected chi connectivity index (χ0v) is 20.4. The van der Waals surface area contributed by atoms with Gasteiger partial charge in [-0.3, -0.25) is 9.59 Å². The van der Waals surface area contributed by atoms with Crippen molar-refractivity contribution in [2.24, 2.45) is 0 Å². The summed E-state index contributed by atoms with van der Waals surface area (Å²) < 4.78 is 5.23.